The number of likely N-dealkylation sites (tertiary alicyclic amines) is 1. The Morgan fingerprint density at radius 1 is 1.11 bits per heavy atom. The van der Waals surface area contributed by atoms with E-state index < -0.39 is 5.43 Å². The van der Waals surface area contributed by atoms with E-state index in [0.717, 1.165) is 38.5 Å². The Morgan fingerprint density at radius 3 is 2.43 bits per heavy atom. The van der Waals surface area contributed by atoms with Gasteiger partial charge in [0, 0.05) is 38.1 Å². The van der Waals surface area contributed by atoms with Crippen LogP contribution in [-0.4, -0.2) is 40.4 Å². The number of rotatable bonds is 5. The van der Waals surface area contributed by atoms with Gasteiger partial charge in [-0.1, -0.05) is 33.6 Å². The Hall–Kier alpha value is -2.11. The minimum Gasteiger partial charge on any atom is -0.352 e. The molecule has 2 heterocycles. The molecule has 1 saturated heterocycles. The molecule has 154 valence electrons. The van der Waals surface area contributed by atoms with Crippen LogP contribution in [0.3, 0.4) is 0 Å². The molecule has 1 aromatic rings. The molecule has 6 nitrogen and oxygen atoms in total. The zero-order valence-corrected chi connectivity index (χ0v) is 17.4. The Bertz CT molecular complexity index is 778. The average molecular weight is 388 g/mol. The first-order valence-corrected chi connectivity index (χ1v) is 10.7. The maximum absolute atomic E-state index is 13.1. The van der Waals surface area contributed by atoms with Crippen molar-refractivity contribution in [2.45, 2.75) is 71.9 Å². The summed E-state index contributed by atoms with van der Waals surface area (Å²) in [6, 6.07) is 0.132. The van der Waals surface area contributed by atoms with Crippen LogP contribution in [0.25, 0.3) is 0 Å². The molecule has 2 fully saturated rings. The maximum Gasteiger partial charge on any atom is 0.259 e. The number of nitrogens with one attached hydrogen (secondary N) is 1. The fourth-order valence-corrected chi connectivity index (χ4v) is 4.35. The molecule has 1 aromatic heterocycles. The third-order valence-electron chi connectivity index (χ3n) is 5.76. The summed E-state index contributed by atoms with van der Waals surface area (Å²) in [5, 5.41) is 2.99. The number of hydrogen-bond acceptors (Lipinski definition) is 3. The van der Waals surface area contributed by atoms with Crippen LogP contribution in [0.15, 0.2) is 17.2 Å². The molecule has 1 aliphatic heterocycles. The molecule has 1 saturated carbocycles. The van der Waals surface area contributed by atoms with Gasteiger partial charge >= 0.3 is 0 Å². The molecule has 0 spiro atoms. The standard InChI is InChI=1S/C22H33N3O3/c1-15(2)11-24-13-18(21(27)23-17-8-4-5-9-17)20(26)19(14-24)22(28)25-10-6-7-16(3)12-25/h13-17H,4-12H2,1-3H3,(H,23,27)/t16-/m1/s1. The highest BCUT2D eigenvalue weighted by molar-refractivity contribution is 5.99. The first-order valence-electron chi connectivity index (χ1n) is 10.7. The van der Waals surface area contributed by atoms with Crippen molar-refractivity contribution in [2.75, 3.05) is 13.1 Å². The van der Waals surface area contributed by atoms with Crippen LogP contribution >= 0.6 is 0 Å². The van der Waals surface area contributed by atoms with Gasteiger partial charge in [0.05, 0.1) is 0 Å². The van der Waals surface area contributed by atoms with Crippen molar-refractivity contribution in [2.24, 2.45) is 11.8 Å². The SMILES string of the molecule is CC(C)Cn1cc(C(=O)NC2CCCC2)c(=O)c(C(=O)N2CCC[C@@H](C)C2)c1. The molecule has 0 radical (unpaired) electrons. The fraction of sp³-hybridized carbons (Fsp3) is 0.682. The second-order valence-corrected chi connectivity index (χ2v) is 8.96. The van der Waals surface area contributed by atoms with Crippen LogP contribution in [-0.2, 0) is 6.54 Å². The van der Waals surface area contributed by atoms with Gasteiger partial charge in [-0.25, -0.2) is 0 Å². The fourth-order valence-electron chi connectivity index (χ4n) is 4.35. The van der Waals surface area contributed by atoms with E-state index in [1.165, 1.54) is 0 Å². The van der Waals surface area contributed by atoms with Gasteiger partial charge in [0.1, 0.15) is 11.1 Å². The second kappa shape index (κ2) is 8.93. The summed E-state index contributed by atoms with van der Waals surface area (Å²) >= 11 is 0. The van der Waals surface area contributed by atoms with Gasteiger partial charge in [-0.3, -0.25) is 14.4 Å². The zero-order chi connectivity index (χ0) is 20.3. The van der Waals surface area contributed by atoms with Crippen molar-refractivity contribution >= 4 is 11.8 Å². The van der Waals surface area contributed by atoms with Gasteiger partial charge in [-0.2, -0.15) is 0 Å². The van der Waals surface area contributed by atoms with Gasteiger partial charge < -0.3 is 14.8 Å². The summed E-state index contributed by atoms with van der Waals surface area (Å²) in [4.78, 5) is 40.8. The van der Waals surface area contributed by atoms with E-state index in [-0.39, 0.29) is 29.0 Å². The minimum atomic E-state index is -0.446. The summed E-state index contributed by atoms with van der Waals surface area (Å²) in [5.41, 5.74) is -0.240. The van der Waals surface area contributed by atoms with E-state index in [9.17, 15) is 14.4 Å². The molecule has 2 aliphatic rings. The summed E-state index contributed by atoms with van der Waals surface area (Å²) < 4.78 is 1.83. The van der Waals surface area contributed by atoms with Gasteiger partial charge in [-0.15, -0.1) is 0 Å². The molecule has 1 aliphatic carbocycles. The maximum atomic E-state index is 13.1. The minimum absolute atomic E-state index is 0.0865. The molecule has 6 heteroatoms. The van der Waals surface area contributed by atoms with Crippen LogP contribution in [0.5, 0.6) is 0 Å². The zero-order valence-electron chi connectivity index (χ0n) is 17.4. The van der Waals surface area contributed by atoms with Crippen LogP contribution in [0.2, 0.25) is 0 Å². The number of carbonyl (C=O) groups excluding carboxylic acids is 2. The monoisotopic (exact) mass is 387 g/mol. The van der Waals surface area contributed by atoms with Crippen LogP contribution in [0.4, 0.5) is 0 Å². The summed E-state index contributed by atoms with van der Waals surface area (Å²) in [6.07, 6.45) is 9.42. The van der Waals surface area contributed by atoms with Gasteiger partial charge in [-0.05, 0) is 37.5 Å². The smallest absolute Gasteiger partial charge is 0.259 e. The molecular weight excluding hydrogens is 354 g/mol. The molecule has 3 rings (SSSR count). The van der Waals surface area contributed by atoms with E-state index in [0.29, 0.717) is 31.5 Å². The van der Waals surface area contributed by atoms with E-state index in [1.54, 1.807) is 17.3 Å². The number of pyridine rings is 1. The highest BCUT2D eigenvalue weighted by Crippen LogP contribution is 2.19. The number of aromatic nitrogens is 1. The molecule has 1 N–H and O–H groups in total. The lowest BCUT2D eigenvalue weighted by Gasteiger charge is -2.31. The Labute approximate surface area is 167 Å². The predicted octanol–water partition coefficient (Wildman–Crippen LogP) is 3.05. The van der Waals surface area contributed by atoms with Crippen molar-refractivity contribution in [3.05, 3.63) is 33.7 Å². The highest BCUT2D eigenvalue weighted by atomic mass is 16.2. The summed E-state index contributed by atoms with van der Waals surface area (Å²) in [6.45, 7) is 8.27. The number of hydrogen-bond donors (Lipinski definition) is 1. The highest BCUT2D eigenvalue weighted by Gasteiger charge is 2.27. The molecule has 0 aromatic carbocycles. The first-order chi connectivity index (χ1) is 13.3. The van der Waals surface area contributed by atoms with Crippen molar-refractivity contribution in [1.29, 1.82) is 0 Å². The topological polar surface area (TPSA) is 71.4 Å². The summed E-state index contributed by atoms with van der Waals surface area (Å²) in [7, 11) is 0. The third-order valence-corrected chi connectivity index (χ3v) is 5.76. The molecule has 2 amide bonds. The average Bonchev–Trinajstić information content (AvgIpc) is 3.15. The number of nitrogens with zero attached hydrogens (tertiary/aromatic N) is 2. The lowest BCUT2D eigenvalue weighted by molar-refractivity contribution is 0.0680. The van der Waals surface area contributed by atoms with Crippen LogP contribution in [0.1, 0.15) is 80.0 Å². The number of amides is 2. The normalized spacial score (nSPS) is 20.6. The number of piperidine rings is 1. The predicted molar refractivity (Wildman–Crippen MR) is 110 cm³/mol. The van der Waals surface area contributed by atoms with E-state index in [4.69, 9.17) is 0 Å². The lowest BCUT2D eigenvalue weighted by atomic mass is 9.99. The Balaban J connectivity index is 1.92. The number of carbonyl (C=O) groups is 2. The van der Waals surface area contributed by atoms with Gasteiger partial charge in [0.15, 0.2) is 0 Å². The van der Waals surface area contributed by atoms with Crippen LogP contribution in [0, 0.1) is 11.8 Å². The van der Waals surface area contributed by atoms with Crippen molar-refractivity contribution in [1.82, 2.24) is 14.8 Å². The molecule has 0 bridgehead atoms. The van der Waals surface area contributed by atoms with Crippen molar-refractivity contribution < 1.29 is 9.59 Å². The Morgan fingerprint density at radius 2 is 1.79 bits per heavy atom. The lowest BCUT2D eigenvalue weighted by Crippen LogP contribution is -2.43. The Kier molecular flexibility index (Phi) is 6.57. The largest absolute Gasteiger partial charge is 0.352 e. The molecule has 28 heavy (non-hydrogen) atoms. The first kappa shape index (κ1) is 20.6. The van der Waals surface area contributed by atoms with E-state index in [2.05, 4.69) is 26.1 Å². The van der Waals surface area contributed by atoms with Crippen LogP contribution < -0.4 is 10.7 Å². The second-order valence-electron chi connectivity index (χ2n) is 8.96. The van der Waals surface area contributed by atoms with E-state index in [1.807, 2.05) is 4.57 Å². The van der Waals surface area contributed by atoms with Crippen molar-refractivity contribution in [3.63, 3.8) is 0 Å². The molecular formula is C22H33N3O3. The third kappa shape index (κ3) is 4.83. The molecule has 0 unspecified atom stereocenters. The molecule has 1 atom stereocenters. The van der Waals surface area contributed by atoms with Gasteiger partial charge in [0.2, 0.25) is 5.43 Å². The quantitative estimate of drug-likeness (QED) is 0.844. The summed E-state index contributed by atoms with van der Waals surface area (Å²) in [5.74, 6) is 0.177. The van der Waals surface area contributed by atoms with Gasteiger partial charge in [0.25, 0.3) is 11.8 Å². The van der Waals surface area contributed by atoms with E-state index >= 15 is 0 Å². The van der Waals surface area contributed by atoms with Crippen molar-refractivity contribution in [3.8, 4) is 0 Å².